The molecule has 0 saturated carbocycles. The monoisotopic (exact) mass is 441 g/mol. The second kappa shape index (κ2) is 8.65. The van der Waals surface area contributed by atoms with E-state index in [1.165, 1.54) is 0 Å². The van der Waals surface area contributed by atoms with Crippen molar-refractivity contribution < 1.29 is 28.6 Å². The van der Waals surface area contributed by atoms with Gasteiger partial charge in [0.25, 0.3) is 11.7 Å². The number of piperidine rings is 1. The lowest BCUT2D eigenvalue weighted by Gasteiger charge is -2.37. The summed E-state index contributed by atoms with van der Waals surface area (Å²) in [5, 5.41) is 0.677. The first-order valence-electron chi connectivity index (χ1n) is 11.1. The topological polar surface area (TPSA) is 90.3 Å². The molecule has 9 heteroatoms. The van der Waals surface area contributed by atoms with E-state index in [1.807, 2.05) is 24.3 Å². The zero-order valence-electron chi connectivity index (χ0n) is 18.0. The van der Waals surface area contributed by atoms with E-state index in [0.717, 1.165) is 5.52 Å². The lowest BCUT2D eigenvalue weighted by atomic mass is 10.0. The zero-order valence-corrected chi connectivity index (χ0v) is 18.0. The van der Waals surface area contributed by atoms with Gasteiger partial charge in [-0.15, -0.1) is 0 Å². The molecule has 0 atom stereocenters. The van der Waals surface area contributed by atoms with Crippen LogP contribution in [0.3, 0.4) is 0 Å². The molecule has 2 amide bonds. The number of likely N-dealkylation sites (tertiary alicyclic amines) is 1. The van der Waals surface area contributed by atoms with Crippen molar-refractivity contribution in [3.63, 3.8) is 0 Å². The van der Waals surface area contributed by atoms with Gasteiger partial charge in [-0.05, 0) is 6.07 Å². The van der Waals surface area contributed by atoms with E-state index in [9.17, 15) is 14.4 Å². The number of hydrogen-bond donors (Lipinski definition) is 0. The van der Waals surface area contributed by atoms with Gasteiger partial charge in [0, 0.05) is 56.1 Å². The number of nitrogens with zero attached hydrogens (tertiary/aromatic N) is 3. The molecule has 3 aliphatic heterocycles. The quantitative estimate of drug-likeness (QED) is 0.520. The van der Waals surface area contributed by atoms with Gasteiger partial charge in [-0.2, -0.15) is 0 Å². The Morgan fingerprint density at radius 1 is 0.875 bits per heavy atom. The maximum atomic E-state index is 13.2. The second-order valence-corrected chi connectivity index (χ2v) is 8.41. The molecule has 3 aliphatic rings. The molecule has 32 heavy (non-hydrogen) atoms. The Balaban J connectivity index is 1.34. The predicted octanol–water partition coefficient (Wildman–Crippen LogP) is 1.05. The highest BCUT2D eigenvalue weighted by atomic mass is 16.7. The molecule has 1 aromatic heterocycles. The van der Waals surface area contributed by atoms with Crippen LogP contribution in [0.5, 0.6) is 0 Å². The number of para-hydroxylation sites is 1. The first kappa shape index (κ1) is 21.1. The molecular weight excluding hydrogens is 414 g/mol. The number of rotatable bonds is 4. The number of morpholine rings is 1. The Morgan fingerprint density at radius 2 is 1.56 bits per heavy atom. The zero-order chi connectivity index (χ0) is 22.1. The van der Waals surface area contributed by atoms with E-state index in [4.69, 9.17) is 14.2 Å². The summed E-state index contributed by atoms with van der Waals surface area (Å²) in [4.78, 5) is 42.3. The average Bonchev–Trinajstić information content (AvgIpc) is 3.44. The molecule has 9 nitrogen and oxygen atoms in total. The number of hydrogen-bond acceptors (Lipinski definition) is 6. The van der Waals surface area contributed by atoms with Crippen molar-refractivity contribution in [2.24, 2.45) is 0 Å². The van der Waals surface area contributed by atoms with Gasteiger partial charge in [-0.25, -0.2) is 0 Å². The summed E-state index contributed by atoms with van der Waals surface area (Å²) in [6.45, 7) is 4.26. The summed E-state index contributed by atoms with van der Waals surface area (Å²) in [5.74, 6) is -1.71. The normalized spacial score (nSPS) is 20.8. The molecule has 1 aromatic carbocycles. The minimum absolute atomic E-state index is 0.0303. The van der Waals surface area contributed by atoms with Crippen LogP contribution in [0.15, 0.2) is 30.5 Å². The maximum absolute atomic E-state index is 13.2. The molecule has 0 N–H and O–H groups in total. The number of carbonyl (C=O) groups is 3. The Labute approximate surface area is 185 Å². The summed E-state index contributed by atoms with van der Waals surface area (Å²) >= 11 is 0. The first-order valence-corrected chi connectivity index (χ1v) is 11.1. The van der Waals surface area contributed by atoms with E-state index in [-0.39, 0.29) is 12.5 Å². The fourth-order valence-corrected chi connectivity index (χ4v) is 4.71. The van der Waals surface area contributed by atoms with Crippen molar-refractivity contribution in [2.75, 3.05) is 52.6 Å². The van der Waals surface area contributed by atoms with E-state index >= 15 is 0 Å². The van der Waals surface area contributed by atoms with Crippen molar-refractivity contribution in [1.29, 1.82) is 0 Å². The minimum Gasteiger partial charge on any atom is -0.378 e. The molecule has 0 unspecified atom stereocenters. The first-order chi connectivity index (χ1) is 15.6. The van der Waals surface area contributed by atoms with Gasteiger partial charge in [0.15, 0.2) is 5.79 Å². The fourth-order valence-electron chi connectivity index (χ4n) is 4.71. The Hall–Kier alpha value is -2.75. The van der Waals surface area contributed by atoms with Gasteiger partial charge in [0.1, 0.15) is 6.54 Å². The van der Waals surface area contributed by atoms with E-state index in [0.29, 0.717) is 76.4 Å². The summed E-state index contributed by atoms with van der Waals surface area (Å²) in [6, 6.07) is 7.37. The minimum atomic E-state index is -0.601. The van der Waals surface area contributed by atoms with Crippen molar-refractivity contribution in [1.82, 2.24) is 14.4 Å². The van der Waals surface area contributed by atoms with Gasteiger partial charge in [0.05, 0.1) is 32.0 Å². The van der Waals surface area contributed by atoms with Crippen LogP contribution in [0.2, 0.25) is 0 Å². The molecule has 170 valence electrons. The molecule has 0 aliphatic carbocycles. The largest absolute Gasteiger partial charge is 0.378 e. The number of fused-ring (bicyclic) bond motifs is 1. The highest BCUT2D eigenvalue weighted by Crippen LogP contribution is 2.32. The highest BCUT2D eigenvalue weighted by Gasteiger charge is 2.42. The molecule has 3 fully saturated rings. The molecule has 0 bridgehead atoms. The van der Waals surface area contributed by atoms with E-state index in [1.54, 1.807) is 20.6 Å². The van der Waals surface area contributed by atoms with E-state index < -0.39 is 17.5 Å². The molecule has 5 rings (SSSR count). The molecule has 0 radical (unpaired) electrons. The number of aromatic nitrogens is 1. The average molecular weight is 441 g/mol. The van der Waals surface area contributed by atoms with Gasteiger partial charge in [-0.3, -0.25) is 14.4 Å². The van der Waals surface area contributed by atoms with Crippen LogP contribution in [0.1, 0.15) is 23.2 Å². The van der Waals surface area contributed by atoms with Crippen molar-refractivity contribution >= 4 is 28.5 Å². The van der Waals surface area contributed by atoms with Gasteiger partial charge >= 0.3 is 0 Å². The maximum Gasteiger partial charge on any atom is 0.295 e. The SMILES string of the molecule is O=C(C(=O)N1CCC2(CC1)OCCO2)c1cn(CC(=O)N2CCOCC2)c2ccccc12. The Morgan fingerprint density at radius 3 is 2.28 bits per heavy atom. The van der Waals surface area contributed by atoms with Crippen molar-refractivity contribution in [3.05, 3.63) is 36.0 Å². The standard InChI is InChI=1S/C23H27N3O6/c27-20(24-9-11-30-12-10-24)16-26-15-18(17-3-1-2-4-19(17)26)21(28)22(29)25-7-5-23(6-8-25)31-13-14-32-23/h1-4,15H,5-14,16H2. The predicted molar refractivity (Wildman–Crippen MR) is 114 cm³/mol. The van der Waals surface area contributed by atoms with Gasteiger partial charge in [-0.1, -0.05) is 18.2 Å². The lowest BCUT2D eigenvalue weighted by molar-refractivity contribution is -0.186. The van der Waals surface area contributed by atoms with Crippen LogP contribution in [-0.4, -0.2) is 90.4 Å². The van der Waals surface area contributed by atoms with Gasteiger partial charge < -0.3 is 28.6 Å². The molecule has 1 spiro atoms. The van der Waals surface area contributed by atoms with Crippen molar-refractivity contribution in [2.45, 2.75) is 25.2 Å². The van der Waals surface area contributed by atoms with Gasteiger partial charge in [0.2, 0.25) is 5.91 Å². The van der Waals surface area contributed by atoms with E-state index in [2.05, 4.69) is 0 Å². The Bertz CT molecular complexity index is 1030. The fraction of sp³-hybridized carbons (Fsp3) is 0.522. The number of carbonyl (C=O) groups excluding carboxylic acids is 3. The molecule has 4 heterocycles. The summed E-state index contributed by atoms with van der Waals surface area (Å²) in [5.41, 5.74) is 1.09. The van der Waals surface area contributed by atoms with Crippen LogP contribution >= 0.6 is 0 Å². The number of Topliss-reactive ketones (excluding diaryl/α,β-unsaturated/α-hetero) is 1. The summed E-state index contributed by atoms with van der Waals surface area (Å²) < 4.78 is 18.5. The number of amides is 2. The van der Waals surface area contributed by atoms with Crippen LogP contribution in [0.4, 0.5) is 0 Å². The summed E-state index contributed by atoms with van der Waals surface area (Å²) in [7, 11) is 0. The number of ether oxygens (including phenoxy) is 3. The van der Waals surface area contributed by atoms with Crippen molar-refractivity contribution in [3.8, 4) is 0 Å². The van der Waals surface area contributed by atoms with Crippen LogP contribution in [0.25, 0.3) is 10.9 Å². The summed E-state index contributed by atoms with van der Waals surface area (Å²) in [6.07, 6.45) is 2.75. The third kappa shape index (κ3) is 3.92. The third-order valence-corrected chi connectivity index (χ3v) is 6.52. The van der Waals surface area contributed by atoms with Crippen LogP contribution in [-0.2, 0) is 30.3 Å². The van der Waals surface area contributed by atoms with Crippen LogP contribution in [0, 0.1) is 0 Å². The number of ketones is 1. The smallest absolute Gasteiger partial charge is 0.295 e. The Kier molecular flexibility index (Phi) is 5.71. The third-order valence-electron chi connectivity index (χ3n) is 6.52. The number of benzene rings is 1. The molecule has 3 saturated heterocycles. The lowest BCUT2D eigenvalue weighted by Crippen LogP contribution is -2.49. The van der Waals surface area contributed by atoms with Crippen LogP contribution < -0.4 is 0 Å². The molecule has 2 aromatic rings. The molecular formula is C23H27N3O6. The second-order valence-electron chi connectivity index (χ2n) is 8.41. The highest BCUT2D eigenvalue weighted by molar-refractivity contribution is 6.44.